The Labute approximate surface area is 178 Å². The fourth-order valence-electron chi connectivity index (χ4n) is 4.00. The highest BCUT2D eigenvalue weighted by Gasteiger charge is 2.32. The largest absolute Gasteiger partial charge is 0.383 e. The zero-order valence-electron chi connectivity index (χ0n) is 17.2. The quantitative estimate of drug-likeness (QED) is 0.644. The lowest BCUT2D eigenvalue weighted by molar-refractivity contribution is 0.325. The van der Waals surface area contributed by atoms with Gasteiger partial charge in [0, 0.05) is 37.2 Å². The minimum absolute atomic E-state index is 0.157. The van der Waals surface area contributed by atoms with Crippen molar-refractivity contribution in [3.63, 3.8) is 0 Å². The number of aromatic nitrogens is 1. The molecule has 1 atom stereocenters. The van der Waals surface area contributed by atoms with Crippen molar-refractivity contribution in [1.82, 2.24) is 9.29 Å². The zero-order chi connectivity index (χ0) is 21.0. The third-order valence-corrected chi connectivity index (χ3v) is 7.55. The van der Waals surface area contributed by atoms with Crippen LogP contribution in [-0.2, 0) is 23.0 Å². The molecule has 1 aliphatic heterocycles. The first-order valence-corrected chi connectivity index (χ1v) is 12.0. The number of sulfonamides is 1. The summed E-state index contributed by atoms with van der Waals surface area (Å²) in [6, 6.07) is 20.2. The number of anilines is 1. The van der Waals surface area contributed by atoms with Crippen molar-refractivity contribution < 1.29 is 8.42 Å². The molecular formula is C24H27N3O2S. The second-order valence-corrected chi connectivity index (χ2v) is 9.74. The molecule has 6 heteroatoms. The second kappa shape index (κ2) is 8.98. The third-order valence-electron chi connectivity index (χ3n) is 5.49. The molecule has 1 aliphatic rings. The smallest absolute Gasteiger partial charge is 0.214 e. The summed E-state index contributed by atoms with van der Waals surface area (Å²) in [4.78, 5) is 4.19. The topological polar surface area (TPSA) is 62.3 Å². The fraction of sp³-hybridized carbons (Fsp3) is 0.292. The molecule has 5 nitrogen and oxygen atoms in total. The van der Waals surface area contributed by atoms with Gasteiger partial charge in [0.25, 0.3) is 0 Å². The van der Waals surface area contributed by atoms with Gasteiger partial charge in [-0.05, 0) is 53.3 Å². The van der Waals surface area contributed by atoms with Gasteiger partial charge in [-0.2, -0.15) is 4.31 Å². The molecule has 30 heavy (non-hydrogen) atoms. The lowest BCUT2D eigenvalue weighted by Crippen LogP contribution is -2.44. The van der Waals surface area contributed by atoms with E-state index < -0.39 is 10.0 Å². The normalized spacial score (nSPS) is 17.0. The van der Waals surface area contributed by atoms with Crippen LogP contribution in [0.1, 0.15) is 24.5 Å². The van der Waals surface area contributed by atoms with Gasteiger partial charge in [0.15, 0.2) is 0 Å². The number of hydrogen-bond donors (Lipinski definition) is 1. The molecular weight excluding hydrogens is 394 g/mol. The van der Waals surface area contributed by atoms with Crippen molar-refractivity contribution in [2.24, 2.45) is 0 Å². The molecule has 2 heterocycles. The van der Waals surface area contributed by atoms with Crippen LogP contribution in [0.15, 0.2) is 73.1 Å². The van der Waals surface area contributed by atoms with E-state index in [0.717, 1.165) is 27.9 Å². The van der Waals surface area contributed by atoms with E-state index >= 15 is 0 Å². The molecule has 0 bridgehead atoms. The molecule has 1 aromatic heterocycles. The van der Waals surface area contributed by atoms with Crippen LogP contribution in [0.3, 0.4) is 0 Å². The van der Waals surface area contributed by atoms with E-state index in [9.17, 15) is 8.42 Å². The molecule has 2 aromatic carbocycles. The van der Waals surface area contributed by atoms with Crippen molar-refractivity contribution in [1.29, 1.82) is 0 Å². The molecule has 4 rings (SSSR count). The number of pyridine rings is 1. The second-order valence-electron chi connectivity index (χ2n) is 7.70. The number of hydrogen-bond acceptors (Lipinski definition) is 4. The minimum Gasteiger partial charge on any atom is -0.383 e. The van der Waals surface area contributed by atoms with Gasteiger partial charge in [0.05, 0.1) is 5.75 Å². The Kier molecular flexibility index (Phi) is 6.16. The molecule has 0 saturated heterocycles. The first-order valence-electron chi connectivity index (χ1n) is 10.4. The Morgan fingerprint density at radius 2 is 1.90 bits per heavy atom. The Bertz CT molecular complexity index is 1090. The van der Waals surface area contributed by atoms with E-state index in [1.807, 2.05) is 43.5 Å². The van der Waals surface area contributed by atoms with Crippen molar-refractivity contribution >= 4 is 15.7 Å². The summed E-state index contributed by atoms with van der Waals surface area (Å²) >= 11 is 0. The molecule has 3 aromatic rings. The van der Waals surface area contributed by atoms with E-state index in [-0.39, 0.29) is 11.8 Å². The lowest BCUT2D eigenvalue weighted by Gasteiger charge is -2.29. The molecule has 0 aliphatic carbocycles. The molecule has 156 valence electrons. The predicted octanol–water partition coefficient (Wildman–Crippen LogP) is 4.33. The van der Waals surface area contributed by atoms with Gasteiger partial charge in [0.1, 0.15) is 0 Å². The molecule has 0 saturated carbocycles. The van der Waals surface area contributed by atoms with Gasteiger partial charge < -0.3 is 5.32 Å². The predicted molar refractivity (Wildman–Crippen MR) is 122 cm³/mol. The fourth-order valence-corrected chi connectivity index (χ4v) is 5.69. The Morgan fingerprint density at radius 1 is 1.07 bits per heavy atom. The lowest BCUT2D eigenvalue weighted by atomic mass is 10.0. The van der Waals surface area contributed by atoms with Crippen LogP contribution in [0.4, 0.5) is 5.69 Å². The van der Waals surface area contributed by atoms with E-state index in [2.05, 4.69) is 40.6 Å². The maximum Gasteiger partial charge on any atom is 0.214 e. The van der Waals surface area contributed by atoms with Gasteiger partial charge in [0.2, 0.25) is 10.0 Å². The summed E-state index contributed by atoms with van der Waals surface area (Å²) in [5.41, 5.74) is 5.26. The highest BCUT2D eigenvalue weighted by atomic mass is 32.2. The highest BCUT2D eigenvalue weighted by Crippen LogP contribution is 2.30. The Balaban J connectivity index is 1.69. The van der Waals surface area contributed by atoms with E-state index in [1.54, 1.807) is 10.5 Å². The first-order chi connectivity index (χ1) is 14.6. The van der Waals surface area contributed by atoms with Crippen LogP contribution >= 0.6 is 0 Å². The average Bonchev–Trinajstić information content (AvgIpc) is 2.95. The summed E-state index contributed by atoms with van der Waals surface area (Å²) in [7, 11) is -3.37. The van der Waals surface area contributed by atoms with Gasteiger partial charge in [-0.3, -0.25) is 4.98 Å². The summed E-state index contributed by atoms with van der Waals surface area (Å²) in [5, 5.41) is 3.49. The number of benzene rings is 2. The Hall–Kier alpha value is -2.70. The maximum atomic E-state index is 13.2. The molecule has 0 unspecified atom stereocenters. The van der Waals surface area contributed by atoms with Crippen LogP contribution in [0.2, 0.25) is 0 Å². The van der Waals surface area contributed by atoms with E-state index in [0.29, 0.717) is 25.9 Å². The first kappa shape index (κ1) is 20.6. The monoisotopic (exact) mass is 421 g/mol. The number of fused-ring (bicyclic) bond motifs is 1. The summed E-state index contributed by atoms with van der Waals surface area (Å²) < 4.78 is 28.1. The number of nitrogens with zero attached hydrogens (tertiary/aromatic N) is 2. The van der Waals surface area contributed by atoms with Crippen molar-refractivity contribution in [3.8, 4) is 11.1 Å². The van der Waals surface area contributed by atoms with E-state index in [1.165, 1.54) is 0 Å². The van der Waals surface area contributed by atoms with Crippen LogP contribution < -0.4 is 5.32 Å². The van der Waals surface area contributed by atoms with Crippen LogP contribution in [0.5, 0.6) is 0 Å². The van der Waals surface area contributed by atoms with Crippen LogP contribution in [0.25, 0.3) is 11.1 Å². The van der Waals surface area contributed by atoms with Gasteiger partial charge >= 0.3 is 0 Å². The highest BCUT2D eigenvalue weighted by molar-refractivity contribution is 7.89. The Morgan fingerprint density at radius 3 is 2.63 bits per heavy atom. The summed E-state index contributed by atoms with van der Waals surface area (Å²) in [5.74, 6) is 0.157. The molecule has 0 fully saturated rings. The average molecular weight is 422 g/mol. The molecule has 1 N–H and O–H groups in total. The van der Waals surface area contributed by atoms with Crippen molar-refractivity contribution in [3.05, 3.63) is 84.2 Å². The van der Waals surface area contributed by atoms with Gasteiger partial charge in [-0.25, -0.2) is 8.42 Å². The van der Waals surface area contributed by atoms with Crippen molar-refractivity contribution in [2.45, 2.75) is 32.4 Å². The SMILES string of the molecule is CCCS(=O)(=O)N1Cc2cc(-c3ccccc3)ccc2NC[C@H]1Cc1cccnc1. The number of rotatable bonds is 6. The maximum absolute atomic E-state index is 13.2. The molecule has 0 spiro atoms. The molecule has 0 amide bonds. The van der Waals surface area contributed by atoms with Crippen molar-refractivity contribution in [2.75, 3.05) is 17.6 Å². The summed E-state index contributed by atoms with van der Waals surface area (Å²) in [6.45, 7) is 2.84. The van der Waals surface area contributed by atoms with E-state index in [4.69, 9.17) is 0 Å². The van der Waals surface area contributed by atoms with Gasteiger partial charge in [-0.1, -0.05) is 49.4 Å². The van der Waals surface area contributed by atoms with Gasteiger partial charge in [-0.15, -0.1) is 0 Å². The molecule has 0 radical (unpaired) electrons. The van der Waals surface area contributed by atoms with Crippen LogP contribution in [-0.4, -0.2) is 36.0 Å². The third kappa shape index (κ3) is 4.55. The standard InChI is InChI=1S/C24H27N3O2S/c1-2-13-30(28,29)27-18-22-15-21(20-8-4-3-5-9-20)10-11-24(22)26-17-23(27)14-19-7-6-12-25-16-19/h3-12,15-16,23,26H,2,13-14,17-18H2,1H3/t23-/m1/s1. The number of nitrogens with one attached hydrogen (secondary N) is 1. The summed E-state index contributed by atoms with van der Waals surface area (Å²) in [6.07, 6.45) is 4.78. The minimum atomic E-state index is -3.37. The zero-order valence-corrected chi connectivity index (χ0v) is 18.0. The van der Waals surface area contributed by atoms with Crippen LogP contribution in [0, 0.1) is 0 Å².